The third kappa shape index (κ3) is 4.31. The Morgan fingerprint density at radius 1 is 1.27 bits per heavy atom. The zero-order valence-corrected chi connectivity index (χ0v) is 13.8. The fourth-order valence-electron chi connectivity index (χ4n) is 2.38. The van der Waals surface area contributed by atoms with Crippen molar-refractivity contribution in [2.75, 3.05) is 6.54 Å². The number of amides is 2. The number of carbonyl (C=O) groups excluding carboxylic acids is 1. The Morgan fingerprint density at radius 2 is 1.96 bits per heavy atom. The number of nitrogens with one attached hydrogen (secondary N) is 2. The number of alkyl halides is 3. The van der Waals surface area contributed by atoms with Gasteiger partial charge in [-0.25, -0.2) is 14.2 Å². The van der Waals surface area contributed by atoms with Crippen LogP contribution in [0.1, 0.15) is 17.8 Å². The van der Waals surface area contributed by atoms with Crippen LogP contribution in [0.4, 0.5) is 22.4 Å². The monoisotopic (exact) mass is 374 g/mol. The molecule has 0 bridgehead atoms. The number of halogens is 4. The predicted molar refractivity (Wildman–Crippen MR) is 84.4 cm³/mol. The summed E-state index contributed by atoms with van der Waals surface area (Å²) in [5.41, 5.74) is -2.97. The molecule has 2 amide bonds. The lowest BCUT2D eigenvalue weighted by atomic mass is 9.97. The summed E-state index contributed by atoms with van der Waals surface area (Å²) in [6.07, 6.45) is -3.38. The molecule has 0 aliphatic carbocycles. The summed E-state index contributed by atoms with van der Waals surface area (Å²) in [6.45, 7) is -0.590. The largest absolute Gasteiger partial charge is 0.424 e. The molecule has 3 N–H and O–H groups in total. The van der Waals surface area contributed by atoms with Crippen LogP contribution in [0.5, 0.6) is 0 Å². The van der Waals surface area contributed by atoms with Gasteiger partial charge in [0.25, 0.3) is 0 Å². The van der Waals surface area contributed by atoms with Crippen LogP contribution in [-0.4, -0.2) is 33.4 Å². The van der Waals surface area contributed by atoms with E-state index in [1.807, 2.05) is 0 Å². The van der Waals surface area contributed by atoms with Crippen LogP contribution in [0.3, 0.4) is 0 Å². The highest BCUT2D eigenvalue weighted by Gasteiger charge is 2.57. The molecule has 0 saturated heterocycles. The lowest BCUT2D eigenvalue weighted by molar-refractivity contribution is -0.272. The summed E-state index contributed by atoms with van der Waals surface area (Å²) >= 11 is 0. The van der Waals surface area contributed by atoms with E-state index in [0.29, 0.717) is 0 Å². The molecule has 1 atom stereocenters. The number of aromatic nitrogens is 2. The van der Waals surface area contributed by atoms with E-state index in [9.17, 15) is 27.5 Å². The molecule has 0 spiro atoms. The maximum Gasteiger partial charge on any atom is 0.424 e. The van der Waals surface area contributed by atoms with Gasteiger partial charge in [0.15, 0.2) is 0 Å². The van der Waals surface area contributed by atoms with E-state index in [4.69, 9.17) is 0 Å². The molecular weight excluding hydrogens is 356 g/mol. The number of aliphatic hydroxyl groups is 1. The number of hydrogen-bond donors (Lipinski definition) is 3. The molecule has 10 heteroatoms. The highest BCUT2D eigenvalue weighted by atomic mass is 19.4. The van der Waals surface area contributed by atoms with Crippen LogP contribution in [0, 0.1) is 5.82 Å². The lowest BCUT2D eigenvalue weighted by Crippen LogP contribution is -2.47. The fourth-order valence-corrected chi connectivity index (χ4v) is 2.38. The second-order valence-corrected chi connectivity index (χ2v) is 5.67. The van der Waals surface area contributed by atoms with E-state index >= 15 is 0 Å². The van der Waals surface area contributed by atoms with Gasteiger partial charge in [-0.05, 0) is 6.07 Å². The summed E-state index contributed by atoms with van der Waals surface area (Å²) in [4.78, 5) is 15.2. The van der Waals surface area contributed by atoms with E-state index in [1.54, 1.807) is 6.07 Å². The Balaban J connectivity index is 1.93. The Morgan fingerprint density at radius 3 is 2.54 bits per heavy atom. The first-order valence-corrected chi connectivity index (χ1v) is 7.67. The van der Waals surface area contributed by atoms with Crippen molar-refractivity contribution in [3.63, 3.8) is 0 Å². The minimum Gasteiger partial charge on any atom is -0.374 e. The van der Waals surface area contributed by atoms with Gasteiger partial charge in [0.05, 0.1) is 0 Å². The van der Waals surface area contributed by atoms with Gasteiger partial charge < -0.3 is 20.3 Å². The van der Waals surface area contributed by atoms with Crippen LogP contribution in [0.2, 0.25) is 0 Å². The van der Waals surface area contributed by atoms with Crippen molar-refractivity contribution in [3.8, 4) is 0 Å². The fraction of sp³-hybridized carbons (Fsp3) is 0.375. The van der Waals surface area contributed by atoms with Crippen molar-refractivity contribution in [2.24, 2.45) is 7.05 Å². The molecular formula is C16H18F4N4O2. The second-order valence-electron chi connectivity index (χ2n) is 5.67. The van der Waals surface area contributed by atoms with Gasteiger partial charge in [-0.3, -0.25) is 0 Å². The van der Waals surface area contributed by atoms with Gasteiger partial charge in [0.1, 0.15) is 11.6 Å². The van der Waals surface area contributed by atoms with E-state index in [0.717, 1.165) is 10.8 Å². The zero-order valence-electron chi connectivity index (χ0n) is 13.8. The molecule has 0 saturated carbocycles. The van der Waals surface area contributed by atoms with Crippen molar-refractivity contribution >= 4 is 6.03 Å². The number of carbonyl (C=O) groups is 1. The minimum atomic E-state index is -4.97. The first kappa shape index (κ1) is 19.7. The van der Waals surface area contributed by atoms with Gasteiger partial charge in [0.2, 0.25) is 5.60 Å². The SMILES string of the molecule is Cn1ccnc1C(O)(CCNC(=O)NCc1ccccc1F)C(F)(F)F. The van der Waals surface area contributed by atoms with Crippen LogP contribution in [0.25, 0.3) is 0 Å². The van der Waals surface area contributed by atoms with Gasteiger partial charge in [-0.1, -0.05) is 18.2 Å². The summed E-state index contributed by atoms with van der Waals surface area (Å²) < 4.78 is 54.4. The molecule has 0 fully saturated rings. The number of hydrogen-bond acceptors (Lipinski definition) is 3. The van der Waals surface area contributed by atoms with E-state index in [2.05, 4.69) is 15.6 Å². The van der Waals surface area contributed by atoms with Crippen molar-refractivity contribution in [1.29, 1.82) is 0 Å². The molecule has 1 unspecified atom stereocenters. The van der Waals surface area contributed by atoms with Gasteiger partial charge in [-0.2, -0.15) is 13.2 Å². The van der Waals surface area contributed by atoms with E-state index in [1.165, 1.54) is 31.4 Å². The van der Waals surface area contributed by atoms with Crippen LogP contribution < -0.4 is 10.6 Å². The van der Waals surface area contributed by atoms with E-state index < -0.39 is 42.4 Å². The minimum absolute atomic E-state index is 0.124. The molecule has 0 aliphatic rings. The Labute approximate surface area is 146 Å². The van der Waals surface area contributed by atoms with E-state index in [-0.39, 0.29) is 12.1 Å². The smallest absolute Gasteiger partial charge is 0.374 e. The van der Waals surface area contributed by atoms with Crippen molar-refractivity contribution in [2.45, 2.75) is 24.7 Å². The molecule has 2 aromatic rings. The lowest BCUT2D eigenvalue weighted by Gasteiger charge is -2.29. The molecule has 1 aromatic heterocycles. The third-order valence-corrected chi connectivity index (χ3v) is 3.83. The van der Waals surface area contributed by atoms with Gasteiger partial charge >= 0.3 is 12.2 Å². The summed E-state index contributed by atoms with van der Waals surface area (Å²) in [5, 5.41) is 14.7. The standard InChI is InChI=1S/C16H18F4N4O2/c1-24-9-8-21-13(24)15(26,16(18,19)20)6-7-22-14(25)23-10-11-4-2-3-5-12(11)17/h2-5,8-9,26H,6-7,10H2,1H3,(H2,22,23,25). The first-order chi connectivity index (χ1) is 12.1. The van der Waals surface area contributed by atoms with Crippen LogP contribution in [0.15, 0.2) is 36.7 Å². The molecule has 1 aromatic carbocycles. The molecule has 0 radical (unpaired) electrons. The molecule has 6 nitrogen and oxygen atoms in total. The third-order valence-electron chi connectivity index (χ3n) is 3.83. The van der Waals surface area contributed by atoms with Crippen LogP contribution in [-0.2, 0) is 19.2 Å². The normalized spacial score (nSPS) is 13.9. The second kappa shape index (κ2) is 7.73. The highest BCUT2D eigenvalue weighted by Crippen LogP contribution is 2.40. The van der Waals surface area contributed by atoms with Gasteiger partial charge in [0, 0.05) is 44.5 Å². The number of rotatable bonds is 6. The molecule has 26 heavy (non-hydrogen) atoms. The number of nitrogens with zero attached hydrogens (tertiary/aromatic N) is 2. The molecule has 142 valence electrons. The molecule has 0 aliphatic heterocycles. The Bertz CT molecular complexity index is 763. The Hall–Kier alpha value is -2.62. The number of aryl methyl sites for hydroxylation is 1. The predicted octanol–water partition coefficient (Wildman–Crippen LogP) is 2.20. The van der Waals surface area contributed by atoms with Crippen molar-refractivity contribution in [3.05, 3.63) is 53.9 Å². The maximum atomic E-state index is 13.4. The number of urea groups is 1. The Kier molecular flexibility index (Phi) is 5.86. The molecule has 1 heterocycles. The summed E-state index contributed by atoms with van der Waals surface area (Å²) in [5.74, 6) is -1.08. The van der Waals surface area contributed by atoms with Gasteiger partial charge in [-0.15, -0.1) is 0 Å². The molecule has 2 rings (SSSR count). The quantitative estimate of drug-likeness (QED) is 0.679. The highest BCUT2D eigenvalue weighted by molar-refractivity contribution is 5.73. The number of benzene rings is 1. The summed E-state index contributed by atoms with van der Waals surface area (Å²) in [7, 11) is 1.33. The first-order valence-electron chi connectivity index (χ1n) is 7.67. The zero-order chi connectivity index (χ0) is 19.4. The van der Waals surface area contributed by atoms with Crippen molar-refractivity contribution in [1.82, 2.24) is 20.2 Å². The maximum absolute atomic E-state index is 13.4. The van der Waals surface area contributed by atoms with Crippen LogP contribution >= 0.6 is 0 Å². The summed E-state index contributed by atoms with van der Waals surface area (Å²) in [6, 6.07) is 5.00. The topological polar surface area (TPSA) is 79.2 Å². The average molecular weight is 374 g/mol. The number of imidazole rings is 1. The van der Waals surface area contributed by atoms with Crippen molar-refractivity contribution < 1.29 is 27.5 Å². The average Bonchev–Trinajstić information content (AvgIpc) is 2.99.